The van der Waals surface area contributed by atoms with Gasteiger partial charge < -0.3 is 10.8 Å². The standard InChI is InChI=1S/C11H15FN2O/c12-9-1-2-11(13)8(5-9)6-14-4-3-10(15)7-14/h1-2,5,10,15H,3-4,6-7,13H2/t10-/m1/s1. The maximum absolute atomic E-state index is 13.0. The van der Waals surface area contributed by atoms with E-state index in [1.165, 1.54) is 12.1 Å². The molecule has 0 radical (unpaired) electrons. The van der Waals surface area contributed by atoms with Crippen LogP contribution < -0.4 is 5.73 Å². The van der Waals surface area contributed by atoms with Crippen molar-refractivity contribution < 1.29 is 9.50 Å². The van der Waals surface area contributed by atoms with Crippen molar-refractivity contribution in [3.8, 4) is 0 Å². The largest absolute Gasteiger partial charge is 0.398 e. The van der Waals surface area contributed by atoms with Crippen LogP contribution in [0.3, 0.4) is 0 Å². The molecule has 1 aliphatic heterocycles. The molecule has 0 aliphatic carbocycles. The highest BCUT2D eigenvalue weighted by molar-refractivity contribution is 5.46. The van der Waals surface area contributed by atoms with Crippen molar-refractivity contribution in [1.29, 1.82) is 0 Å². The zero-order valence-corrected chi connectivity index (χ0v) is 8.49. The second-order valence-corrected chi connectivity index (χ2v) is 4.02. The molecule has 0 amide bonds. The van der Waals surface area contributed by atoms with E-state index < -0.39 is 0 Å². The summed E-state index contributed by atoms with van der Waals surface area (Å²) in [6.45, 7) is 2.10. The molecule has 1 atom stereocenters. The smallest absolute Gasteiger partial charge is 0.123 e. The summed E-state index contributed by atoms with van der Waals surface area (Å²) in [4.78, 5) is 2.08. The van der Waals surface area contributed by atoms with Crippen molar-refractivity contribution in [3.05, 3.63) is 29.6 Å². The summed E-state index contributed by atoms with van der Waals surface area (Å²) in [7, 11) is 0. The van der Waals surface area contributed by atoms with Gasteiger partial charge in [0.2, 0.25) is 0 Å². The van der Waals surface area contributed by atoms with Gasteiger partial charge >= 0.3 is 0 Å². The molecule has 0 bridgehead atoms. The van der Waals surface area contributed by atoms with E-state index in [1.54, 1.807) is 6.07 Å². The number of hydrogen-bond donors (Lipinski definition) is 2. The highest BCUT2D eigenvalue weighted by Gasteiger charge is 2.20. The van der Waals surface area contributed by atoms with Crippen LogP contribution in [0.5, 0.6) is 0 Å². The van der Waals surface area contributed by atoms with E-state index in [4.69, 9.17) is 5.73 Å². The lowest BCUT2D eigenvalue weighted by atomic mass is 10.1. The van der Waals surface area contributed by atoms with Gasteiger partial charge in [0.05, 0.1) is 6.10 Å². The quantitative estimate of drug-likeness (QED) is 0.715. The van der Waals surface area contributed by atoms with E-state index in [0.29, 0.717) is 18.8 Å². The fourth-order valence-electron chi connectivity index (χ4n) is 1.91. The molecule has 1 saturated heterocycles. The van der Waals surface area contributed by atoms with E-state index in [1.807, 2.05) is 0 Å². The van der Waals surface area contributed by atoms with Crippen LogP contribution in [0, 0.1) is 5.82 Å². The lowest BCUT2D eigenvalue weighted by Gasteiger charge is -2.16. The zero-order valence-electron chi connectivity index (χ0n) is 8.49. The molecule has 3 N–H and O–H groups in total. The lowest BCUT2D eigenvalue weighted by molar-refractivity contribution is 0.175. The van der Waals surface area contributed by atoms with Crippen molar-refractivity contribution in [3.63, 3.8) is 0 Å². The number of anilines is 1. The Labute approximate surface area is 88.3 Å². The molecule has 0 aromatic heterocycles. The predicted octanol–water partition coefficient (Wildman–Crippen LogP) is 0.975. The minimum atomic E-state index is -0.265. The van der Waals surface area contributed by atoms with Gasteiger partial charge in [-0.2, -0.15) is 0 Å². The summed E-state index contributed by atoms with van der Waals surface area (Å²) in [5, 5.41) is 9.35. The number of rotatable bonds is 2. The van der Waals surface area contributed by atoms with Gasteiger partial charge in [0.1, 0.15) is 5.82 Å². The Morgan fingerprint density at radius 3 is 3.00 bits per heavy atom. The van der Waals surface area contributed by atoms with Crippen molar-refractivity contribution in [2.24, 2.45) is 0 Å². The molecule has 82 valence electrons. The number of nitrogens with zero attached hydrogens (tertiary/aromatic N) is 1. The zero-order chi connectivity index (χ0) is 10.8. The first kappa shape index (κ1) is 10.4. The summed E-state index contributed by atoms with van der Waals surface area (Å²) < 4.78 is 13.0. The second kappa shape index (κ2) is 4.16. The van der Waals surface area contributed by atoms with Gasteiger partial charge in [0.25, 0.3) is 0 Å². The third-order valence-corrected chi connectivity index (χ3v) is 2.75. The molecule has 1 fully saturated rings. The molecule has 0 unspecified atom stereocenters. The minimum Gasteiger partial charge on any atom is -0.398 e. The molecule has 3 nitrogen and oxygen atoms in total. The number of halogens is 1. The van der Waals surface area contributed by atoms with Crippen molar-refractivity contribution >= 4 is 5.69 Å². The van der Waals surface area contributed by atoms with Crippen molar-refractivity contribution in [2.75, 3.05) is 18.8 Å². The predicted molar refractivity (Wildman–Crippen MR) is 56.7 cm³/mol. The average molecular weight is 210 g/mol. The minimum absolute atomic E-state index is 0.250. The normalized spacial score (nSPS) is 22.1. The Kier molecular flexibility index (Phi) is 2.88. The average Bonchev–Trinajstić information content (AvgIpc) is 2.58. The molecule has 0 spiro atoms. The van der Waals surface area contributed by atoms with Crippen molar-refractivity contribution in [2.45, 2.75) is 19.1 Å². The number of β-amino-alcohol motifs (C(OH)–C–C–N with tert-alkyl or cyclic N) is 1. The maximum Gasteiger partial charge on any atom is 0.123 e. The number of benzene rings is 1. The Bertz CT molecular complexity index is 356. The number of aliphatic hydroxyl groups excluding tert-OH is 1. The summed E-state index contributed by atoms with van der Waals surface area (Å²) in [6.07, 6.45) is 0.537. The Morgan fingerprint density at radius 2 is 2.33 bits per heavy atom. The molecule has 1 heterocycles. The van der Waals surface area contributed by atoms with Crippen LogP contribution in [-0.2, 0) is 6.54 Å². The molecule has 0 saturated carbocycles. The molecular weight excluding hydrogens is 195 g/mol. The molecule has 1 aliphatic rings. The first-order valence-corrected chi connectivity index (χ1v) is 5.09. The summed E-state index contributed by atoms with van der Waals surface area (Å²) in [5.74, 6) is -0.265. The van der Waals surface area contributed by atoms with Crippen LogP contribution in [-0.4, -0.2) is 29.2 Å². The second-order valence-electron chi connectivity index (χ2n) is 4.02. The van der Waals surface area contributed by atoms with Crippen LogP contribution in [0.25, 0.3) is 0 Å². The van der Waals surface area contributed by atoms with E-state index in [2.05, 4.69) is 4.90 Å². The number of aliphatic hydroxyl groups is 1. The van der Waals surface area contributed by atoms with Crippen LogP contribution in [0.1, 0.15) is 12.0 Å². The Balaban J connectivity index is 2.07. The highest BCUT2D eigenvalue weighted by atomic mass is 19.1. The Morgan fingerprint density at radius 1 is 1.53 bits per heavy atom. The fourth-order valence-corrected chi connectivity index (χ4v) is 1.91. The number of likely N-dealkylation sites (tertiary alicyclic amines) is 1. The van der Waals surface area contributed by atoms with Gasteiger partial charge in [0.15, 0.2) is 0 Å². The molecule has 2 rings (SSSR count). The van der Waals surface area contributed by atoms with Gasteiger partial charge in [-0.1, -0.05) is 0 Å². The molecular formula is C11H15FN2O. The van der Waals surface area contributed by atoms with Crippen LogP contribution in [0.2, 0.25) is 0 Å². The third kappa shape index (κ3) is 2.46. The summed E-state index contributed by atoms with van der Waals surface area (Å²) in [5.41, 5.74) is 7.15. The van der Waals surface area contributed by atoms with Gasteiger partial charge in [-0.25, -0.2) is 4.39 Å². The van der Waals surface area contributed by atoms with Gasteiger partial charge in [0, 0.05) is 25.3 Å². The fraction of sp³-hybridized carbons (Fsp3) is 0.455. The van der Waals surface area contributed by atoms with E-state index in [0.717, 1.165) is 18.5 Å². The maximum atomic E-state index is 13.0. The summed E-state index contributed by atoms with van der Waals surface area (Å²) in [6, 6.07) is 4.40. The molecule has 4 heteroatoms. The summed E-state index contributed by atoms with van der Waals surface area (Å²) >= 11 is 0. The van der Waals surface area contributed by atoms with Gasteiger partial charge in [-0.3, -0.25) is 4.90 Å². The first-order chi connectivity index (χ1) is 7.15. The van der Waals surface area contributed by atoms with E-state index in [-0.39, 0.29) is 11.9 Å². The Hall–Kier alpha value is -1.13. The van der Waals surface area contributed by atoms with Gasteiger partial charge in [-0.15, -0.1) is 0 Å². The topological polar surface area (TPSA) is 49.5 Å². The van der Waals surface area contributed by atoms with Crippen molar-refractivity contribution in [1.82, 2.24) is 4.90 Å². The number of nitrogens with two attached hydrogens (primary N) is 1. The SMILES string of the molecule is Nc1ccc(F)cc1CN1CC[C@@H](O)C1. The van der Waals surface area contributed by atoms with Crippen LogP contribution in [0.15, 0.2) is 18.2 Å². The number of hydrogen-bond acceptors (Lipinski definition) is 3. The molecule has 1 aromatic carbocycles. The molecule has 1 aromatic rings. The van der Waals surface area contributed by atoms with E-state index in [9.17, 15) is 9.50 Å². The monoisotopic (exact) mass is 210 g/mol. The van der Waals surface area contributed by atoms with E-state index >= 15 is 0 Å². The van der Waals surface area contributed by atoms with Crippen LogP contribution in [0.4, 0.5) is 10.1 Å². The van der Waals surface area contributed by atoms with Crippen LogP contribution >= 0.6 is 0 Å². The van der Waals surface area contributed by atoms with Gasteiger partial charge in [-0.05, 0) is 30.2 Å². The number of nitrogen functional groups attached to an aromatic ring is 1. The highest BCUT2D eigenvalue weighted by Crippen LogP contribution is 2.18. The first-order valence-electron chi connectivity index (χ1n) is 5.09. The third-order valence-electron chi connectivity index (χ3n) is 2.75. The lowest BCUT2D eigenvalue weighted by Crippen LogP contribution is -2.22. The molecule has 15 heavy (non-hydrogen) atoms.